The van der Waals surface area contributed by atoms with Gasteiger partial charge in [-0.3, -0.25) is 0 Å². The van der Waals surface area contributed by atoms with Crippen molar-refractivity contribution in [2.24, 2.45) is 5.41 Å². The number of ether oxygens (including phenoxy) is 1. The third-order valence-corrected chi connectivity index (χ3v) is 6.06. The molecule has 0 radical (unpaired) electrons. The lowest BCUT2D eigenvalue weighted by molar-refractivity contribution is -0.0546. The van der Waals surface area contributed by atoms with Crippen LogP contribution in [0.25, 0.3) is 0 Å². The Labute approximate surface area is 126 Å². The molecule has 1 aromatic rings. The zero-order valence-corrected chi connectivity index (χ0v) is 13.1. The number of benzene rings is 1. The first kappa shape index (κ1) is 14.6. The van der Waals surface area contributed by atoms with Crippen molar-refractivity contribution in [1.82, 2.24) is 4.72 Å². The van der Waals surface area contributed by atoms with Gasteiger partial charge in [-0.05, 0) is 48.8 Å². The molecule has 0 bridgehead atoms. The van der Waals surface area contributed by atoms with E-state index in [0.29, 0.717) is 5.41 Å². The third-order valence-electron chi connectivity index (χ3n) is 4.95. The standard InChI is InChI=1S/C16H21NO3S/c1-3-21(18,19)17-16(11-15(12-16)8-5-9-15)13-6-4-7-14(10-13)20-2/h3-4,6-7,10,17H,1,5,8-9,11-12H2,2H3. The second-order valence-corrected chi connectivity index (χ2v) is 7.96. The molecule has 1 aromatic carbocycles. The Morgan fingerprint density at radius 3 is 2.57 bits per heavy atom. The van der Waals surface area contributed by atoms with Crippen LogP contribution in [-0.2, 0) is 15.6 Å². The summed E-state index contributed by atoms with van der Waals surface area (Å²) in [4.78, 5) is 0. The highest BCUT2D eigenvalue weighted by atomic mass is 32.2. The number of hydrogen-bond donors (Lipinski definition) is 1. The topological polar surface area (TPSA) is 55.4 Å². The van der Waals surface area contributed by atoms with Crippen molar-refractivity contribution in [2.45, 2.75) is 37.6 Å². The lowest BCUT2D eigenvalue weighted by Gasteiger charge is -2.61. The lowest BCUT2D eigenvalue weighted by Crippen LogP contribution is -2.61. The van der Waals surface area contributed by atoms with Gasteiger partial charge in [-0.25, -0.2) is 13.1 Å². The fraction of sp³-hybridized carbons (Fsp3) is 0.500. The Balaban J connectivity index is 1.94. The zero-order chi connectivity index (χ0) is 15.1. The van der Waals surface area contributed by atoms with Crippen molar-refractivity contribution in [3.63, 3.8) is 0 Å². The monoisotopic (exact) mass is 307 g/mol. The molecule has 2 saturated carbocycles. The van der Waals surface area contributed by atoms with Crippen molar-refractivity contribution in [2.75, 3.05) is 7.11 Å². The SMILES string of the molecule is C=CS(=O)(=O)NC1(c2cccc(OC)c2)CC2(CCC2)C1. The van der Waals surface area contributed by atoms with Crippen LogP contribution in [0.1, 0.15) is 37.7 Å². The van der Waals surface area contributed by atoms with Crippen molar-refractivity contribution >= 4 is 10.0 Å². The van der Waals surface area contributed by atoms with Gasteiger partial charge in [-0.2, -0.15) is 0 Å². The first-order chi connectivity index (χ1) is 9.93. The van der Waals surface area contributed by atoms with E-state index in [1.165, 1.54) is 19.3 Å². The van der Waals surface area contributed by atoms with Gasteiger partial charge in [0.25, 0.3) is 0 Å². The molecule has 0 atom stereocenters. The Morgan fingerprint density at radius 2 is 2.05 bits per heavy atom. The van der Waals surface area contributed by atoms with E-state index in [-0.39, 0.29) is 0 Å². The second kappa shape index (κ2) is 4.85. The molecule has 21 heavy (non-hydrogen) atoms. The molecule has 1 N–H and O–H groups in total. The minimum Gasteiger partial charge on any atom is -0.497 e. The normalized spacial score (nSPS) is 22.1. The van der Waals surface area contributed by atoms with Crippen molar-refractivity contribution in [3.05, 3.63) is 41.8 Å². The van der Waals surface area contributed by atoms with Crippen LogP contribution < -0.4 is 9.46 Å². The van der Waals surface area contributed by atoms with Crippen molar-refractivity contribution in [1.29, 1.82) is 0 Å². The summed E-state index contributed by atoms with van der Waals surface area (Å²) < 4.78 is 32.1. The Hall–Kier alpha value is -1.33. The predicted octanol–water partition coefficient (Wildman–Crippen LogP) is 2.92. The summed E-state index contributed by atoms with van der Waals surface area (Å²) in [6, 6.07) is 7.68. The fourth-order valence-corrected chi connectivity index (χ4v) is 4.72. The summed E-state index contributed by atoms with van der Waals surface area (Å²) in [5.41, 5.74) is 0.805. The molecule has 0 unspecified atom stereocenters. The number of rotatable bonds is 5. The summed E-state index contributed by atoms with van der Waals surface area (Å²) >= 11 is 0. The largest absolute Gasteiger partial charge is 0.497 e. The van der Waals surface area contributed by atoms with Gasteiger partial charge in [0.1, 0.15) is 5.75 Å². The van der Waals surface area contributed by atoms with E-state index in [9.17, 15) is 8.42 Å². The van der Waals surface area contributed by atoms with Crippen LogP contribution in [0.2, 0.25) is 0 Å². The second-order valence-electron chi connectivity index (χ2n) is 6.33. The van der Waals surface area contributed by atoms with Crippen LogP contribution in [0.15, 0.2) is 36.3 Å². The molecular weight excluding hydrogens is 286 g/mol. The van der Waals surface area contributed by atoms with E-state index in [1.54, 1.807) is 7.11 Å². The summed E-state index contributed by atoms with van der Waals surface area (Å²) in [5, 5.41) is 0.987. The summed E-state index contributed by atoms with van der Waals surface area (Å²) in [6.07, 6.45) is 5.38. The van der Waals surface area contributed by atoms with Gasteiger partial charge in [0.15, 0.2) is 0 Å². The fourth-order valence-electron chi connectivity index (χ4n) is 3.83. The van der Waals surface area contributed by atoms with E-state index in [1.807, 2.05) is 24.3 Å². The first-order valence-corrected chi connectivity index (χ1v) is 8.78. The van der Waals surface area contributed by atoms with Crippen LogP contribution in [0.5, 0.6) is 5.75 Å². The highest BCUT2D eigenvalue weighted by molar-refractivity contribution is 7.92. The molecule has 0 aromatic heterocycles. The Morgan fingerprint density at radius 1 is 1.33 bits per heavy atom. The molecule has 4 nitrogen and oxygen atoms in total. The molecule has 1 spiro atoms. The zero-order valence-electron chi connectivity index (χ0n) is 12.3. The van der Waals surface area contributed by atoms with E-state index < -0.39 is 15.6 Å². The maximum absolute atomic E-state index is 12.0. The van der Waals surface area contributed by atoms with E-state index in [2.05, 4.69) is 11.3 Å². The summed E-state index contributed by atoms with van der Waals surface area (Å²) in [6.45, 7) is 3.40. The van der Waals surface area contributed by atoms with E-state index >= 15 is 0 Å². The number of hydrogen-bond acceptors (Lipinski definition) is 3. The highest BCUT2D eigenvalue weighted by Gasteiger charge is 2.58. The molecule has 2 fully saturated rings. The third kappa shape index (κ3) is 2.49. The lowest BCUT2D eigenvalue weighted by atomic mass is 9.47. The van der Waals surface area contributed by atoms with Gasteiger partial charge in [0.05, 0.1) is 12.6 Å². The van der Waals surface area contributed by atoms with Crippen molar-refractivity contribution < 1.29 is 13.2 Å². The first-order valence-electron chi connectivity index (χ1n) is 7.24. The molecule has 0 heterocycles. The van der Waals surface area contributed by atoms with Crippen LogP contribution in [0.4, 0.5) is 0 Å². The van der Waals surface area contributed by atoms with Gasteiger partial charge in [-0.1, -0.05) is 25.1 Å². The van der Waals surface area contributed by atoms with E-state index in [0.717, 1.165) is 29.6 Å². The van der Waals surface area contributed by atoms with Crippen LogP contribution in [0, 0.1) is 5.41 Å². The smallest absolute Gasteiger partial charge is 0.233 e. The Kier molecular flexibility index (Phi) is 3.37. The van der Waals surface area contributed by atoms with E-state index in [4.69, 9.17) is 4.74 Å². The quantitative estimate of drug-likeness (QED) is 0.910. The van der Waals surface area contributed by atoms with Gasteiger partial charge in [0.2, 0.25) is 10.0 Å². The maximum atomic E-state index is 12.0. The summed E-state index contributed by atoms with van der Waals surface area (Å²) in [7, 11) is -1.85. The molecule has 3 rings (SSSR count). The van der Waals surface area contributed by atoms with Gasteiger partial charge in [-0.15, -0.1) is 0 Å². The van der Waals surface area contributed by atoms with Crippen LogP contribution in [-0.4, -0.2) is 15.5 Å². The average Bonchev–Trinajstić information content (AvgIpc) is 2.40. The number of nitrogens with one attached hydrogen (secondary N) is 1. The van der Waals surface area contributed by atoms with Gasteiger partial charge < -0.3 is 4.74 Å². The van der Waals surface area contributed by atoms with Crippen LogP contribution >= 0.6 is 0 Å². The molecule has 0 amide bonds. The average molecular weight is 307 g/mol. The molecule has 0 saturated heterocycles. The molecule has 5 heteroatoms. The van der Waals surface area contributed by atoms with Gasteiger partial charge >= 0.3 is 0 Å². The minimum absolute atomic E-state index is 0.340. The number of methoxy groups -OCH3 is 1. The molecular formula is C16H21NO3S. The minimum atomic E-state index is -3.47. The van der Waals surface area contributed by atoms with Crippen LogP contribution in [0.3, 0.4) is 0 Å². The molecule has 2 aliphatic carbocycles. The molecule has 114 valence electrons. The maximum Gasteiger partial charge on any atom is 0.233 e. The highest BCUT2D eigenvalue weighted by Crippen LogP contribution is 2.64. The molecule has 2 aliphatic rings. The number of sulfonamides is 1. The van der Waals surface area contributed by atoms with Crippen molar-refractivity contribution in [3.8, 4) is 5.75 Å². The summed E-state index contributed by atoms with van der Waals surface area (Å²) in [5.74, 6) is 0.749. The van der Waals surface area contributed by atoms with Gasteiger partial charge in [0, 0.05) is 5.41 Å². The predicted molar refractivity (Wildman–Crippen MR) is 82.4 cm³/mol. The molecule has 0 aliphatic heterocycles. The Bertz CT molecular complexity index is 654.